The lowest BCUT2D eigenvalue weighted by molar-refractivity contribution is 0.397. The number of rotatable bonds is 3. The van der Waals surface area contributed by atoms with Crippen LogP contribution in [-0.2, 0) is 0 Å². The third-order valence-electron chi connectivity index (χ3n) is 4.80. The highest BCUT2D eigenvalue weighted by molar-refractivity contribution is 5.45. The van der Waals surface area contributed by atoms with Crippen LogP contribution in [0.5, 0.6) is 5.88 Å². The van der Waals surface area contributed by atoms with Crippen LogP contribution in [0.3, 0.4) is 0 Å². The SMILES string of the molecule is COc1ccnc(N2CC3CN(c4ccc(C#N)cn4)CC3C2)n1. The Labute approximate surface area is 140 Å². The molecule has 2 aromatic rings. The molecule has 0 N–H and O–H groups in total. The minimum atomic E-state index is 0.581. The van der Waals surface area contributed by atoms with Crippen molar-refractivity contribution in [1.82, 2.24) is 15.0 Å². The molecule has 4 heterocycles. The van der Waals surface area contributed by atoms with E-state index in [4.69, 9.17) is 10.00 Å². The van der Waals surface area contributed by atoms with Crippen LogP contribution in [0, 0.1) is 23.2 Å². The standard InChI is InChI=1S/C17H18N6O/c1-24-16-4-5-19-17(21-16)23-10-13-8-22(9-14(13)11-23)15-3-2-12(6-18)7-20-15/h2-5,7,13-14H,8-11H2,1H3. The summed E-state index contributed by atoms with van der Waals surface area (Å²) in [5.74, 6) is 3.45. The summed E-state index contributed by atoms with van der Waals surface area (Å²) in [5.41, 5.74) is 0.597. The highest BCUT2D eigenvalue weighted by Crippen LogP contribution is 2.34. The molecule has 2 fully saturated rings. The van der Waals surface area contributed by atoms with E-state index in [0.29, 0.717) is 23.3 Å². The molecule has 2 unspecified atom stereocenters. The van der Waals surface area contributed by atoms with Gasteiger partial charge in [0.15, 0.2) is 0 Å². The van der Waals surface area contributed by atoms with Gasteiger partial charge < -0.3 is 14.5 Å². The second-order valence-corrected chi connectivity index (χ2v) is 6.25. The monoisotopic (exact) mass is 322 g/mol. The number of hydrogen-bond acceptors (Lipinski definition) is 7. The van der Waals surface area contributed by atoms with Gasteiger partial charge in [0.25, 0.3) is 0 Å². The maximum Gasteiger partial charge on any atom is 0.228 e. The first kappa shape index (κ1) is 14.7. The van der Waals surface area contributed by atoms with Gasteiger partial charge in [-0.05, 0) is 12.1 Å². The van der Waals surface area contributed by atoms with Crippen molar-refractivity contribution in [2.75, 3.05) is 43.1 Å². The Balaban J connectivity index is 1.43. The summed E-state index contributed by atoms with van der Waals surface area (Å²) in [6.45, 7) is 3.85. The highest BCUT2D eigenvalue weighted by Gasteiger charge is 2.41. The molecule has 0 bridgehead atoms. The number of hydrogen-bond donors (Lipinski definition) is 0. The Bertz CT molecular complexity index is 757. The minimum absolute atomic E-state index is 0.581. The van der Waals surface area contributed by atoms with E-state index >= 15 is 0 Å². The Morgan fingerprint density at radius 1 is 1.08 bits per heavy atom. The van der Waals surface area contributed by atoms with Crippen LogP contribution in [0.25, 0.3) is 0 Å². The number of fused-ring (bicyclic) bond motifs is 1. The van der Waals surface area contributed by atoms with E-state index in [1.54, 1.807) is 25.6 Å². The Hall–Kier alpha value is -2.88. The quantitative estimate of drug-likeness (QED) is 0.843. The van der Waals surface area contributed by atoms with Crippen molar-refractivity contribution in [3.8, 4) is 11.9 Å². The summed E-state index contributed by atoms with van der Waals surface area (Å²) in [4.78, 5) is 17.8. The van der Waals surface area contributed by atoms with Crippen LogP contribution in [0.2, 0.25) is 0 Å². The zero-order valence-electron chi connectivity index (χ0n) is 13.5. The van der Waals surface area contributed by atoms with E-state index in [2.05, 4.69) is 30.8 Å². The molecule has 0 radical (unpaired) electrons. The molecule has 122 valence electrons. The fourth-order valence-corrected chi connectivity index (χ4v) is 3.58. The zero-order chi connectivity index (χ0) is 16.5. The van der Waals surface area contributed by atoms with E-state index in [9.17, 15) is 0 Å². The smallest absolute Gasteiger partial charge is 0.228 e. The second kappa shape index (κ2) is 5.96. The highest BCUT2D eigenvalue weighted by atomic mass is 16.5. The molecule has 0 aromatic carbocycles. The maximum absolute atomic E-state index is 8.87. The molecular weight excluding hydrogens is 304 g/mol. The van der Waals surface area contributed by atoms with Crippen molar-refractivity contribution in [1.29, 1.82) is 5.26 Å². The molecule has 2 saturated heterocycles. The second-order valence-electron chi connectivity index (χ2n) is 6.25. The van der Waals surface area contributed by atoms with Crippen LogP contribution in [0.4, 0.5) is 11.8 Å². The topological polar surface area (TPSA) is 78.2 Å². The molecule has 7 heteroatoms. The van der Waals surface area contributed by atoms with Gasteiger partial charge in [0, 0.05) is 56.5 Å². The molecule has 2 aliphatic heterocycles. The van der Waals surface area contributed by atoms with Crippen LogP contribution >= 0.6 is 0 Å². The lowest BCUT2D eigenvalue weighted by Crippen LogP contribution is -2.30. The lowest BCUT2D eigenvalue weighted by atomic mass is 10.0. The third-order valence-corrected chi connectivity index (χ3v) is 4.80. The predicted octanol–water partition coefficient (Wildman–Crippen LogP) is 1.32. The summed E-state index contributed by atoms with van der Waals surface area (Å²) in [7, 11) is 1.62. The first-order valence-corrected chi connectivity index (χ1v) is 8.00. The summed E-state index contributed by atoms with van der Waals surface area (Å²) in [5, 5.41) is 8.87. The lowest BCUT2D eigenvalue weighted by Gasteiger charge is -2.22. The number of ether oxygens (including phenoxy) is 1. The molecule has 0 aliphatic carbocycles. The van der Waals surface area contributed by atoms with Crippen molar-refractivity contribution in [3.05, 3.63) is 36.2 Å². The normalized spacial score (nSPS) is 22.3. The number of pyridine rings is 1. The van der Waals surface area contributed by atoms with E-state index in [1.165, 1.54) is 0 Å². The minimum Gasteiger partial charge on any atom is -0.481 e. The van der Waals surface area contributed by atoms with Gasteiger partial charge in [-0.1, -0.05) is 0 Å². The molecule has 2 atom stereocenters. The molecule has 0 amide bonds. The van der Waals surface area contributed by atoms with Crippen LogP contribution in [-0.4, -0.2) is 48.2 Å². The molecular formula is C17H18N6O. The molecule has 2 aliphatic rings. The molecule has 0 saturated carbocycles. The van der Waals surface area contributed by atoms with Gasteiger partial charge in [-0.25, -0.2) is 9.97 Å². The number of aromatic nitrogens is 3. The number of nitriles is 1. The summed E-state index contributed by atoms with van der Waals surface area (Å²) in [6, 6.07) is 7.63. The molecule has 7 nitrogen and oxygen atoms in total. The molecule has 0 spiro atoms. The largest absolute Gasteiger partial charge is 0.481 e. The Morgan fingerprint density at radius 3 is 2.46 bits per heavy atom. The van der Waals surface area contributed by atoms with Gasteiger partial charge in [0.05, 0.1) is 12.7 Å². The first-order chi connectivity index (χ1) is 11.8. The van der Waals surface area contributed by atoms with E-state index in [1.807, 2.05) is 12.1 Å². The van der Waals surface area contributed by atoms with Crippen molar-refractivity contribution >= 4 is 11.8 Å². The molecule has 4 rings (SSSR count). The molecule has 24 heavy (non-hydrogen) atoms. The van der Waals surface area contributed by atoms with E-state index in [-0.39, 0.29) is 0 Å². The first-order valence-electron chi connectivity index (χ1n) is 8.00. The average Bonchev–Trinajstić information content (AvgIpc) is 3.21. The van der Waals surface area contributed by atoms with Gasteiger partial charge >= 0.3 is 0 Å². The summed E-state index contributed by atoms with van der Waals surface area (Å²) in [6.07, 6.45) is 3.38. The fraction of sp³-hybridized carbons (Fsp3) is 0.412. The van der Waals surface area contributed by atoms with Crippen LogP contribution in [0.1, 0.15) is 5.56 Å². The van der Waals surface area contributed by atoms with Gasteiger partial charge in [0.2, 0.25) is 11.8 Å². The number of nitrogens with zero attached hydrogens (tertiary/aromatic N) is 6. The van der Waals surface area contributed by atoms with Crippen LogP contribution in [0.15, 0.2) is 30.6 Å². The average molecular weight is 322 g/mol. The Kier molecular flexibility index (Phi) is 3.65. The summed E-state index contributed by atoms with van der Waals surface area (Å²) < 4.78 is 5.18. The van der Waals surface area contributed by atoms with Crippen molar-refractivity contribution in [2.24, 2.45) is 11.8 Å². The van der Waals surface area contributed by atoms with Gasteiger partial charge in [-0.2, -0.15) is 10.2 Å². The van der Waals surface area contributed by atoms with Gasteiger partial charge in [-0.15, -0.1) is 0 Å². The van der Waals surface area contributed by atoms with Crippen LogP contribution < -0.4 is 14.5 Å². The van der Waals surface area contributed by atoms with Crippen molar-refractivity contribution < 1.29 is 4.74 Å². The fourth-order valence-electron chi connectivity index (χ4n) is 3.58. The Morgan fingerprint density at radius 2 is 1.83 bits per heavy atom. The van der Waals surface area contributed by atoms with Crippen molar-refractivity contribution in [2.45, 2.75) is 0 Å². The predicted molar refractivity (Wildman–Crippen MR) is 88.9 cm³/mol. The van der Waals surface area contributed by atoms with E-state index < -0.39 is 0 Å². The summed E-state index contributed by atoms with van der Waals surface area (Å²) >= 11 is 0. The number of methoxy groups -OCH3 is 1. The third kappa shape index (κ3) is 2.60. The van der Waals surface area contributed by atoms with E-state index in [0.717, 1.165) is 37.9 Å². The molecule has 2 aromatic heterocycles. The van der Waals surface area contributed by atoms with Gasteiger partial charge in [0.1, 0.15) is 11.9 Å². The number of anilines is 2. The van der Waals surface area contributed by atoms with Crippen molar-refractivity contribution in [3.63, 3.8) is 0 Å². The maximum atomic E-state index is 8.87. The zero-order valence-corrected chi connectivity index (χ0v) is 13.5. The van der Waals surface area contributed by atoms with Gasteiger partial charge in [-0.3, -0.25) is 0 Å².